The summed E-state index contributed by atoms with van der Waals surface area (Å²) in [7, 11) is -3.53. The lowest BCUT2D eigenvalue weighted by atomic mass is 10.3. The molecule has 0 unspecified atom stereocenters. The van der Waals surface area contributed by atoms with Crippen molar-refractivity contribution in [1.29, 1.82) is 0 Å². The van der Waals surface area contributed by atoms with Crippen molar-refractivity contribution in [2.75, 3.05) is 0 Å². The molecule has 0 heterocycles. The fourth-order valence-electron chi connectivity index (χ4n) is 1.58. The van der Waals surface area contributed by atoms with Gasteiger partial charge in [0.15, 0.2) is 0 Å². The molecule has 0 aliphatic rings. The maximum Gasteiger partial charge on any atom is 0.270 e. The highest BCUT2D eigenvalue weighted by Crippen LogP contribution is 2.33. The topological polar surface area (TPSA) is 120 Å². The first-order valence-corrected chi connectivity index (χ1v) is 8.54. The molecule has 0 bridgehead atoms. The third-order valence-electron chi connectivity index (χ3n) is 2.55. The predicted molar refractivity (Wildman–Crippen MR) is 79.2 cm³/mol. The number of non-ortho nitro benzene ring substituents is 2. The molecular formula is C12H8N2O6S2. The van der Waals surface area contributed by atoms with Gasteiger partial charge >= 0.3 is 0 Å². The smallest absolute Gasteiger partial charge is 0.258 e. The van der Waals surface area contributed by atoms with Crippen LogP contribution in [0.2, 0.25) is 0 Å². The summed E-state index contributed by atoms with van der Waals surface area (Å²) in [6.45, 7) is 0. The van der Waals surface area contributed by atoms with E-state index in [0.717, 1.165) is 12.1 Å². The van der Waals surface area contributed by atoms with Crippen LogP contribution in [0.15, 0.2) is 58.3 Å². The van der Waals surface area contributed by atoms with Gasteiger partial charge in [-0.15, -0.1) is 0 Å². The van der Waals surface area contributed by atoms with Crippen LogP contribution < -0.4 is 0 Å². The maximum absolute atomic E-state index is 12.2. The quantitative estimate of drug-likeness (QED) is 0.466. The van der Waals surface area contributed by atoms with Gasteiger partial charge in [0.2, 0.25) is 8.87 Å². The molecule has 0 saturated heterocycles. The molecular weight excluding hydrogens is 332 g/mol. The zero-order valence-electron chi connectivity index (χ0n) is 10.8. The number of nitro benzene ring substituents is 2. The van der Waals surface area contributed by atoms with Crippen LogP contribution >= 0.6 is 10.8 Å². The molecule has 0 aliphatic carbocycles. The van der Waals surface area contributed by atoms with E-state index in [-0.39, 0.29) is 21.2 Å². The number of hydrogen-bond donors (Lipinski definition) is 0. The van der Waals surface area contributed by atoms with E-state index < -0.39 is 18.7 Å². The average molecular weight is 340 g/mol. The van der Waals surface area contributed by atoms with Gasteiger partial charge in [-0.3, -0.25) is 20.2 Å². The molecule has 8 nitrogen and oxygen atoms in total. The zero-order valence-corrected chi connectivity index (χ0v) is 12.4. The third-order valence-corrected chi connectivity index (χ3v) is 5.86. The minimum absolute atomic E-state index is 0.153. The third kappa shape index (κ3) is 3.59. The number of benzene rings is 2. The van der Waals surface area contributed by atoms with Gasteiger partial charge in [0.05, 0.1) is 14.7 Å². The second-order valence-corrected chi connectivity index (χ2v) is 7.88. The van der Waals surface area contributed by atoms with Gasteiger partial charge in [-0.2, -0.15) is 0 Å². The van der Waals surface area contributed by atoms with Crippen LogP contribution in [0.1, 0.15) is 0 Å². The van der Waals surface area contributed by atoms with Crippen molar-refractivity contribution in [3.05, 3.63) is 68.8 Å². The summed E-state index contributed by atoms with van der Waals surface area (Å²) < 4.78 is 24.5. The van der Waals surface area contributed by atoms with Crippen molar-refractivity contribution >= 4 is 31.0 Å². The first-order valence-electron chi connectivity index (χ1n) is 5.73. The normalized spacial score (nSPS) is 11.1. The lowest BCUT2D eigenvalue weighted by Crippen LogP contribution is -1.97. The Bertz CT molecular complexity index is 850. The van der Waals surface area contributed by atoms with Gasteiger partial charge < -0.3 is 0 Å². The van der Waals surface area contributed by atoms with E-state index >= 15 is 0 Å². The van der Waals surface area contributed by atoms with Crippen molar-refractivity contribution in [2.45, 2.75) is 9.79 Å². The Kier molecular flexibility index (Phi) is 4.43. The Morgan fingerprint density at radius 3 is 2.00 bits per heavy atom. The van der Waals surface area contributed by atoms with Crippen molar-refractivity contribution < 1.29 is 18.3 Å². The van der Waals surface area contributed by atoms with Crippen molar-refractivity contribution in [3.8, 4) is 0 Å². The summed E-state index contributed by atoms with van der Waals surface area (Å²) in [5, 5.41) is 21.4. The van der Waals surface area contributed by atoms with Crippen LogP contribution in [0, 0.1) is 20.2 Å². The molecule has 0 atom stereocenters. The SMILES string of the molecule is O=[N+]([O-])c1cccc(SS(=O)(=O)c2cccc([N+](=O)[O-])c2)c1. The molecule has 0 fully saturated rings. The molecule has 0 N–H and O–H groups in total. The molecule has 114 valence electrons. The molecule has 0 radical (unpaired) electrons. The van der Waals surface area contributed by atoms with Crippen LogP contribution in [0.25, 0.3) is 0 Å². The lowest BCUT2D eigenvalue weighted by Gasteiger charge is -2.04. The standard InChI is InChI=1S/C12H8N2O6S2/c15-13(16)9-3-1-5-11(7-9)21-22(19,20)12-6-2-4-10(8-12)14(17)18/h1-8H. The first kappa shape index (κ1) is 15.9. The van der Waals surface area contributed by atoms with Crippen molar-refractivity contribution in [2.24, 2.45) is 0 Å². The molecule has 10 heteroatoms. The van der Waals surface area contributed by atoms with Crippen LogP contribution in [0.4, 0.5) is 11.4 Å². The second-order valence-electron chi connectivity index (χ2n) is 4.05. The Labute approximate surface area is 128 Å². The van der Waals surface area contributed by atoms with E-state index in [4.69, 9.17) is 0 Å². The lowest BCUT2D eigenvalue weighted by molar-refractivity contribution is -0.385. The van der Waals surface area contributed by atoms with E-state index in [1.54, 1.807) is 0 Å². The fraction of sp³-hybridized carbons (Fsp3) is 0. The summed E-state index contributed by atoms with van der Waals surface area (Å²) in [5.41, 5.74) is -0.583. The van der Waals surface area contributed by atoms with Gasteiger partial charge in [-0.25, -0.2) is 8.42 Å². The number of hydrogen-bond acceptors (Lipinski definition) is 7. The summed E-state index contributed by atoms with van der Waals surface area (Å²) in [6, 6.07) is 9.75. The summed E-state index contributed by atoms with van der Waals surface area (Å²) in [6.07, 6.45) is 0. The molecule has 0 amide bonds. The highest BCUT2D eigenvalue weighted by Gasteiger charge is 2.20. The highest BCUT2D eigenvalue weighted by atomic mass is 33.1. The molecule has 22 heavy (non-hydrogen) atoms. The maximum atomic E-state index is 12.2. The van der Waals surface area contributed by atoms with E-state index in [1.807, 2.05) is 0 Å². The van der Waals surface area contributed by atoms with Gasteiger partial charge in [0, 0.05) is 40.0 Å². The Balaban J connectivity index is 2.35. The Hall–Kier alpha value is -2.46. The van der Waals surface area contributed by atoms with Crippen LogP contribution in [0.3, 0.4) is 0 Å². The average Bonchev–Trinajstić information content (AvgIpc) is 2.47. The minimum Gasteiger partial charge on any atom is -0.258 e. The number of nitrogens with zero attached hydrogens (tertiary/aromatic N) is 2. The van der Waals surface area contributed by atoms with Crippen molar-refractivity contribution in [3.63, 3.8) is 0 Å². The number of nitro groups is 2. The zero-order chi connectivity index (χ0) is 16.3. The van der Waals surface area contributed by atoms with Crippen LogP contribution in [-0.2, 0) is 8.87 Å². The summed E-state index contributed by atoms with van der Waals surface area (Å²) in [4.78, 5) is 20.0. The molecule has 2 aromatic rings. The fourth-order valence-corrected chi connectivity index (χ4v) is 4.41. The van der Waals surface area contributed by atoms with Crippen LogP contribution in [-0.4, -0.2) is 18.3 Å². The van der Waals surface area contributed by atoms with E-state index in [2.05, 4.69) is 0 Å². The van der Waals surface area contributed by atoms with Crippen LogP contribution in [0.5, 0.6) is 0 Å². The van der Waals surface area contributed by atoms with Gasteiger partial charge in [-0.05, 0) is 12.1 Å². The molecule has 0 aliphatic heterocycles. The first-order chi connectivity index (χ1) is 10.3. The van der Waals surface area contributed by atoms with Crippen molar-refractivity contribution in [1.82, 2.24) is 0 Å². The van der Waals surface area contributed by atoms with E-state index in [9.17, 15) is 28.6 Å². The van der Waals surface area contributed by atoms with E-state index in [0.29, 0.717) is 10.8 Å². The monoisotopic (exact) mass is 340 g/mol. The Morgan fingerprint density at radius 2 is 1.41 bits per heavy atom. The van der Waals surface area contributed by atoms with Gasteiger partial charge in [0.25, 0.3) is 11.4 Å². The molecule has 0 aromatic heterocycles. The largest absolute Gasteiger partial charge is 0.270 e. The van der Waals surface area contributed by atoms with E-state index in [1.165, 1.54) is 36.4 Å². The highest BCUT2D eigenvalue weighted by molar-refractivity contribution is 8.72. The minimum atomic E-state index is -3.92. The predicted octanol–water partition coefficient (Wildman–Crippen LogP) is 2.98. The van der Waals surface area contributed by atoms with Gasteiger partial charge in [0.1, 0.15) is 0 Å². The Morgan fingerprint density at radius 1 is 0.864 bits per heavy atom. The molecule has 0 saturated carbocycles. The molecule has 2 aromatic carbocycles. The summed E-state index contributed by atoms with van der Waals surface area (Å²) >= 11 is 0. The second kappa shape index (κ2) is 6.12. The summed E-state index contributed by atoms with van der Waals surface area (Å²) in [5.74, 6) is 0. The van der Waals surface area contributed by atoms with Gasteiger partial charge in [-0.1, -0.05) is 12.1 Å². The molecule has 2 rings (SSSR count). The number of rotatable bonds is 5. The molecule has 0 spiro atoms.